The summed E-state index contributed by atoms with van der Waals surface area (Å²) in [7, 11) is 0. The molecule has 0 bridgehead atoms. The van der Waals surface area contributed by atoms with Crippen molar-refractivity contribution in [2.24, 2.45) is 11.1 Å². The van der Waals surface area contributed by atoms with E-state index in [1.54, 1.807) is 6.92 Å². The van der Waals surface area contributed by atoms with Gasteiger partial charge in [0.15, 0.2) is 5.71 Å². The zero-order chi connectivity index (χ0) is 11.8. The van der Waals surface area contributed by atoms with Gasteiger partial charge in [-0.2, -0.15) is 0 Å². The van der Waals surface area contributed by atoms with Gasteiger partial charge in [0.1, 0.15) is 5.60 Å². The number of carbonyl (C=O) groups excluding carboxylic acids is 1. The summed E-state index contributed by atoms with van der Waals surface area (Å²) < 4.78 is 4.93. The smallest absolute Gasteiger partial charge is 0.356 e. The van der Waals surface area contributed by atoms with Gasteiger partial charge in [-0.15, -0.1) is 0 Å². The average molecular weight is 227 g/mol. The monoisotopic (exact) mass is 227 g/mol. The number of nitrogens with zero attached hydrogens (tertiary/aromatic N) is 1. The van der Waals surface area contributed by atoms with Crippen molar-refractivity contribution in [3.8, 4) is 0 Å². The number of aliphatic hydroxyl groups is 1. The summed E-state index contributed by atoms with van der Waals surface area (Å²) in [5.41, 5.74) is -0.151. The SMILES string of the molecule is CCOC(=O)C1=NO[C@]2(CC)CC(O)C[C@H]12. The van der Waals surface area contributed by atoms with Crippen LogP contribution < -0.4 is 0 Å². The van der Waals surface area contributed by atoms with Crippen molar-refractivity contribution < 1.29 is 19.5 Å². The predicted molar refractivity (Wildman–Crippen MR) is 56.9 cm³/mol. The van der Waals surface area contributed by atoms with E-state index in [1.807, 2.05) is 6.92 Å². The summed E-state index contributed by atoms with van der Waals surface area (Å²) in [4.78, 5) is 17.0. The first-order valence-electron chi connectivity index (χ1n) is 5.74. The maximum absolute atomic E-state index is 11.6. The van der Waals surface area contributed by atoms with Crippen LogP contribution in [-0.2, 0) is 14.4 Å². The molecule has 2 rings (SSSR count). The van der Waals surface area contributed by atoms with Gasteiger partial charge in [-0.25, -0.2) is 4.79 Å². The maximum Gasteiger partial charge on any atom is 0.356 e. The Morgan fingerprint density at radius 2 is 2.44 bits per heavy atom. The van der Waals surface area contributed by atoms with Crippen LogP contribution in [0.2, 0.25) is 0 Å². The van der Waals surface area contributed by atoms with Crippen molar-refractivity contribution >= 4 is 11.7 Å². The number of rotatable bonds is 3. The number of hydrogen-bond donors (Lipinski definition) is 1. The van der Waals surface area contributed by atoms with Crippen molar-refractivity contribution in [2.75, 3.05) is 6.61 Å². The molecule has 0 aromatic rings. The van der Waals surface area contributed by atoms with Gasteiger partial charge in [0.25, 0.3) is 0 Å². The first-order chi connectivity index (χ1) is 7.63. The quantitative estimate of drug-likeness (QED) is 0.726. The Morgan fingerprint density at radius 1 is 1.69 bits per heavy atom. The molecule has 0 aromatic heterocycles. The molecule has 1 aliphatic carbocycles. The molecule has 0 amide bonds. The minimum atomic E-state index is -0.485. The largest absolute Gasteiger partial charge is 0.461 e. The molecule has 0 radical (unpaired) electrons. The van der Waals surface area contributed by atoms with Crippen LogP contribution >= 0.6 is 0 Å². The predicted octanol–water partition coefficient (Wildman–Crippen LogP) is 0.855. The lowest BCUT2D eigenvalue weighted by Crippen LogP contribution is -2.36. The van der Waals surface area contributed by atoms with E-state index in [1.165, 1.54) is 0 Å². The number of hydrogen-bond acceptors (Lipinski definition) is 5. The van der Waals surface area contributed by atoms with E-state index >= 15 is 0 Å². The van der Waals surface area contributed by atoms with Crippen LogP contribution in [0.25, 0.3) is 0 Å². The number of oxime groups is 1. The number of esters is 1. The number of carbonyl (C=O) groups is 1. The molecule has 16 heavy (non-hydrogen) atoms. The first-order valence-corrected chi connectivity index (χ1v) is 5.74. The number of aliphatic hydroxyl groups excluding tert-OH is 1. The highest BCUT2D eigenvalue weighted by atomic mass is 16.7. The van der Waals surface area contributed by atoms with Crippen LogP contribution in [-0.4, -0.2) is 35.1 Å². The van der Waals surface area contributed by atoms with Gasteiger partial charge in [0, 0.05) is 6.42 Å². The molecule has 5 nitrogen and oxygen atoms in total. The fourth-order valence-electron chi connectivity index (χ4n) is 2.62. The third kappa shape index (κ3) is 1.59. The molecular formula is C11H17NO4. The fraction of sp³-hybridized carbons (Fsp3) is 0.818. The average Bonchev–Trinajstić information content (AvgIpc) is 2.72. The lowest BCUT2D eigenvalue weighted by atomic mass is 9.85. The Morgan fingerprint density at radius 3 is 3.06 bits per heavy atom. The Bertz CT molecular complexity index is 328. The molecule has 1 heterocycles. The molecule has 90 valence electrons. The number of ether oxygens (including phenoxy) is 1. The fourth-order valence-corrected chi connectivity index (χ4v) is 2.62. The van der Waals surface area contributed by atoms with E-state index in [-0.39, 0.29) is 5.92 Å². The van der Waals surface area contributed by atoms with E-state index in [4.69, 9.17) is 9.57 Å². The summed E-state index contributed by atoms with van der Waals surface area (Å²) in [5, 5.41) is 13.5. The Balaban J connectivity index is 2.17. The summed E-state index contributed by atoms with van der Waals surface area (Å²) in [6, 6.07) is 0. The van der Waals surface area contributed by atoms with Crippen LogP contribution in [0.3, 0.4) is 0 Å². The zero-order valence-corrected chi connectivity index (χ0v) is 9.60. The Hall–Kier alpha value is -1.10. The minimum Gasteiger partial charge on any atom is -0.461 e. The van der Waals surface area contributed by atoms with Gasteiger partial charge in [0.2, 0.25) is 0 Å². The lowest BCUT2D eigenvalue weighted by Gasteiger charge is -2.24. The van der Waals surface area contributed by atoms with Gasteiger partial charge in [0.05, 0.1) is 18.6 Å². The van der Waals surface area contributed by atoms with Gasteiger partial charge < -0.3 is 14.7 Å². The molecule has 1 saturated carbocycles. The zero-order valence-electron chi connectivity index (χ0n) is 9.60. The van der Waals surface area contributed by atoms with E-state index in [2.05, 4.69) is 5.16 Å². The molecule has 1 N–H and O–H groups in total. The van der Waals surface area contributed by atoms with Crippen molar-refractivity contribution in [1.82, 2.24) is 0 Å². The second kappa shape index (κ2) is 4.05. The van der Waals surface area contributed by atoms with Crippen molar-refractivity contribution in [1.29, 1.82) is 0 Å². The third-order valence-electron chi connectivity index (χ3n) is 3.46. The van der Waals surface area contributed by atoms with E-state index < -0.39 is 17.7 Å². The van der Waals surface area contributed by atoms with Gasteiger partial charge in [-0.1, -0.05) is 12.1 Å². The molecule has 1 aliphatic heterocycles. The second-order valence-electron chi connectivity index (χ2n) is 4.35. The summed E-state index contributed by atoms with van der Waals surface area (Å²) >= 11 is 0. The van der Waals surface area contributed by atoms with Crippen molar-refractivity contribution in [2.45, 2.75) is 44.8 Å². The van der Waals surface area contributed by atoms with Crippen LogP contribution in [0.5, 0.6) is 0 Å². The number of fused-ring (bicyclic) bond motifs is 1. The summed E-state index contributed by atoms with van der Waals surface area (Å²) in [5.74, 6) is -0.538. The first kappa shape index (κ1) is 11.4. The Labute approximate surface area is 94.4 Å². The Kier molecular flexibility index (Phi) is 2.88. The standard InChI is InChI=1S/C11H17NO4/c1-3-11-6-7(13)5-8(11)9(12-16-11)10(14)15-4-2/h7-8,13H,3-6H2,1-2H3/t7?,8-,11-/m1/s1. The van der Waals surface area contributed by atoms with Crippen molar-refractivity contribution in [3.05, 3.63) is 0 Å². The molecule has 3 atom stereocenters. The second-order valence-corrected chi connectivity index (χ2v) is 4.35. The summed E-state index contributed by atoms with van der Waals surface area (Å²) in [6.07, 6.45) is 1.40. The topological polar surface area (TPSA) is 68.1 Å². The molecule has 2 aliphatic rings. The molecular weight excluding hydrogens is 210 g/mol. The molecule has 0 spiro atoms. The van der Waals surface area contributed by atoms with E-state index in [0.29, 0.717) is 25.2 Å². The molecule has 1 fully saturated rings. The minimum absolute atomic E-state index is 0.119. The van der Waals surface area contributed by atoms with E-state index in [0.717, 1.165) is 6.42 Å². The normalized spacial score (nSPS) is 36.6. The molecule has 0 saturated heterocycles. The van der Waals surface area contributed by atoms with Crippen molar-refractivity contribution in [3.63, 3.8) is 0 Å². The van der Waals surface area contributed by atoms with Crippen LogP contribution in [0.4, 0.5) is 0 Å². The van der Waals surface area contributed by atoms with Crippen LogP contribution in [0, 0.1) is 5.92 Å². The maximum atomic E-state index is 11.6. The molecule has 5 heteroatoms. The highest BCUT2D eigenvalue weighted by Gasteiger charge is 2.56. The highest BCUT2D eigenvalue weighted by Crippen LogP contribution is 2.46. The van der Waals surface area contributed by atoms with Gasteiger partial charge in [-0.05, 0) is 19.8 Å². The van der Waals surface area contributed by atoms with E-state index in [9.17, 15) is 9.90 Å². The van der Waals surface area contributed by atoms with Gasteiger partial charge >= 0.3 is 5.97 Å². The van der Waals surface area contributed by atoms with Crippen LogP contribution in [0.1, 0.15) is 33.1 Å². The lowest BCUT2D eigenvalue weighted by molar-refractivity contribution is -0.135. The highest BCUT2D eigenvalue weighted by molar-refractivity contribution is 6.37. The molecule has 1 unspecified atom stereocenters. The van der Waals surface area contributed by atoms with Crippen LogP contribution in [0.15, 0.2) is 5.16 Å². The van der Waals surface area contributed by atoms with Gasteiger partial charge in [-0.3, -0.25) is 0 Å². The summed E-state index contributed by atoms with van der Waals surface area (Å²) in [6.45, 7) is 4.06. The molecule has 0 aromatic carbocycles. The third-order valence-corrected chi connectivity index (χ3v) is 3.46.